The molecule has 4 nitrogen and oxygen atoms in total. The molecule has 1 aromatic carbocycles. The van der Waals surface area contributed by atoms with Gasteiger partial charge >= 0.3 is 0 Å². The summed E-state index contributed by atoms with van der Waals surface area (Å²) < 4.78 is 0.866. The highest BCUT2D eigenvalue weighted by molar-refractivity contribution is 9.10. The SMILES string of the molecule is O=C(Nc1ccccc1Br)c1cncc(N2CCCCCC2)c1. The van der Waals surface area contributed by atoms with Gasteiger partial charge in [-0.25, -0.2) is 0 Å². The van der Waals surface area contributed by atoms with E-state index >= 15 is 0 Å². The first-order valence-corrected chi connectivity index (χ1v) is 8.79. The van der Waals surface area contributed by atoms with Gasteiger partial charge in [-0.2, -0.15) is 0 Å². The van der Waals surface area contributed by atoms with Gasteiger partial charge in [-0.1, -0.05) is 25.0 Å². The molecule has 0 aliphatic carbocycles. The van der Waals surface area contributed by atoms with Crippen LogP contribution in [-0.4, -0.2) is 24.0 Å². The molecule has 3 rings (SSSR count). The van der Waals surface area contributed by atoms with Crippen molar-refractivity contribution in [2.75, 3.05) is 23.3 Å². The van der Waals surface area contributed by atoms with E-state index in [4.69, 9.17) is 0 Å². The van der Waals surface area contributed by atoms with Crippen LogP contribution in [0, 0.1) is 0 Å². The summed E-state index contributed by atoms with van der Waals surface area (Å²) in [6.45, 7) is 2.08. The van der Waals surface area contributed by atoms with Crippen LogP contribution < -0.4 is 10.2 Å². The van der Waals surface area contributed by atoms with Gasteiger partial charge in [0.15, 0.2) is 0 Å². The Morgan fingerprint density at radius 2 is 1.83 bits per heavy atom. The van der Waals surface area contributed by atoms with E-state index in [-0.39, 0.29) is 5.91 Å². The Bertz CT molecular complexity index is 681. The van der Waals surface area contributed by atoms with Crippen molar-refractivity contribution in [2.24, 2.45) is 0 Å². The highest BCUT2D eigenvalue weighted by atomic mass is 79.9. The number of nitrogens with zero attached hydrogens (tertiary/aromatic N) is 2. The lowest BCUT2D eigenvalue weighted by atomic mass is 10.2. The minimum absolute atomic E-state index is 0.138. The third-order valence-corrected chi connectivity index (χ3v) is 4.77. The summed E-state index contributed by atoms with van der Waals surface area (Å²) in [6, 6.07) is 9.52. The average Bonchev–Trinajstić information content (AvgIpc) is 2.86. The molecule has 120 valence electrons. The maximum Gasteiger partial charge on any atom is 0.257 e. The molecule has 0 spiro atoms. The minimum Gasteiger partial charge on any atom is -0.370 e. The van der Waals surface area contributed by atoms with Crippen molar-refractivity contribution >= 4 is 33.2 Å². The fraction of sp³-hybridized carbons (Fsp3) is 0.333. The third-order valence-electron chi connectivity index (χ3n) is 4.08. The summed E-state index contributed by atoms with van der Waals surface area (Å²) in [4.78, 5) is 19.1. The molecule has 0 saturated carbocycles. The molecule has 1 aliphatic heterocycles. The number of carbonyl (C=O) groups excluding carboxylic acids is 1. The van der Waals surface area contributed by atoms with Gasteiger partial charge in [0.05, 0.1) is 23.1 Å². The predicted octanol–water partition coefficient (Wildman–Crippen LogP) is 4.48. The highest BCUT2D eigenvalue weighted by Gasteiger charge is 2.14. The number of aromatic nitrogens is 1. The molecule has 2 aromatic rings. The molecular weight excluding hydrogens is 354 g/mol. The van der Waals surface area contributed by atoms with E-state index in [1.807, 2.05) is 36.5 Å². The van der Waals surface area contributed by atoms with E-state index in [0.717, 1.165) is 28.9 Å². The Labute approximate surface area is 145 Å². The second kappa shape index (κ2) is 7.59. The fourth-order valence-corrected chi connectivity index (χ4v) is 3.19. The van der Waals surface area contributed by atoms with Gasteiger partial charge in [-0.05, 0) is 47.0 Å². The summed E-state index contributed by atoms with van der Waals surface area (Å²) in [7, 11) is 0. The average molecular weight is 374 g/mol. The highest BCUT2D eigenvalue weighted by Crippen LogP contribution is 2.23. The van der Waals surface area contributed by atoms with Crippen LogP contribution in [0.3, 0.4) is 0 Å². The van der Waals surface area contributed by atoms with Gasteiger partial charge in [0.2, 0.25) is 0 Å². The number of carbonyl (C=O) groups is 1. The Hall–Kier alpha value is -1.88. The van der Waals surface area contributed by atoms with Gasteiger partial charge in [-0.3, -0.25) is 9.78 Å². The van der Waals surface area contributed by atoms with Gasteiger partial charge < -0.3 is 10.2 Å². The number of halogens is 1. The molecule has 0 bridgehead atoms. The topological polar surface area (TPSA) is 45.2 Å². The number of hydrogen-bond donors (Lipinski definition) is 1. The molecule has 23 heavy (non-hydrogen) atoms. The number of para-hydroxylation sites is 1. The van der Waals surface area contributed by atoms with E-state index in [1.165, 1.54) is 25.7 Å². The largest absolute Gasteiger partial charge is 0.370 e. The summed E-state index contributed by atoms with van der Waals surface area (Å²) in [5, 5.41) is 2.92. The molecule has 1 aliphatic rings. The maximum atomic E-state index is 12.5. The molecule has 2 heterocycles. The number of pyridine rings is 1. The Morgan fingerprint density at radius 1 is 1.09 bits per heavy atom. The van der Waals surface area contributed by atoms with Crippen LogP contribution in [0.4, 0.5) is 11.4 Å². The number of rotatable bonds is 3. The lowest BCUT2D eigenvalue weighted by Crippen LogP contribution is -2.24. The third kappa shape index (κ3) is 4.10. The Balaban J connectivity index is 1.76. The van der Waals surface area contributed by atoms with Crippen molar-refractivity contribution in [3.05, 3.63) is 52.8 Å². The minimum atomic E-state index is -0.138. The van der Waals surface area contributed by atoms with E-state index in [9.17, 15) is 4.79 Å². The molecule has 1 saturated heterocycles. The zero-order chi connectivity index (χ0) is 16.1. The second-order valence-corrected chi connectivity index (χ2v) is 6.62. The lowest BCUT2D eigenvalue weighted by molar-refractivity contribution is 0.102. The van der Waals surface area contributed by atoms with Crippen molar-refractivity contribution in [3.63, 3.8) is 0 Å². The quantitative estimate of drug-likeness (QED) is 0.862. The summed E-state index contributed by atoms with van der Waals surface area (Å²) in [5.41, 5.74) is 2.38. The van der Waals surface area contributed by atoms with Gasteiger partial charge in [0.25, 0.3) is 5.91 Å². The zero-order valence-electron chi connectivity index (χ0n) is 13.0. The van der Waals surface area contributed by atoms with E-state index in [0.29, 0.717) is 5.56 Å². The van der Waals surface area contributed by atoms with Crippen molar-refractivity contribution in [1.82, 2.24) is 4.98 Å². The van der Waals surface area contributed by atoms with E-state index in [1.54, 1.807) is 6.20 Å². The first-order chi connectivity index (χ1) is 11.2. The van der Waals surface area contributed by atoms with Crippen molar-refractivity contribution < 1.29 is 4.79 Å². The molecule has 1 aromatic heterocycles. The van der Waals surface area contributed by atoms with Gasteiger partial charge in [0.1, 0.15) is 0 Å². The monoisotopic (exact) mass is 373 g/mol. The Morgan fingerprint density at radius 3 is 2.57 bits per heavy atom. The van der Waals surface area contributed by atoms with Crippen LogP contribution in [0.2, 0.25) is 0 Å². The molecule has 0 atom stereocenters. The zero-order valence-corrected chi connectivity index (χ0v) is 14.6. The number of anilines is 2. The number of hydrogen-bond acceptors (Lipinski definition) is 3. The molecule has 0 radical (unpaired) electrons. The van der Waals surface area contributed by atoms with E-state index < -0.39 is 0 Å². The first kappa shape index (κ1) is 16.0. The lowest BCUT2D eigenvalue weighted by Gasteiger charge is -2.22. The van der Waals surface area contributed by atoms with Crippen LogP contribution >= 0.6 is 15.9 Å². The maximum absolute atomic E-state index is 12.5. The number of nitrogens with one attached hydrogen (secondary N) is 1. The number of amides is 1. The smallest absolute Gasteiger partial charge is 0.257 e. The molecular formula is C18H20BrN3O. The predicted molar refractivity (Wildman–Crippen MR) is 97.0 cm³/mol. The first-order valence-electron chi connectivity index (χ1n) is 8.00. The standard InChI is InChI=1S/C18H20BrN3O/c19-16-7-3-4-8-17(16)21-18(23)14-11-15(13-20-12-14)22-9-5-1-2-6-10-22/h3-4,7-8,11-13H,1-2,5-6,9-10H2,(H,21,23). The summed E-state index contributed by atoms with van der Waals surface area (Å²) in [5.74, 6) is -0.138. The normalized spacial score (nSPS) is 15.1. The van der Waals surface area contributed by atoms with E-state index in [2.05, 4.69) is 31.1 Å². The fourth-order valence-electron chi connectivity index (χ4n) is 2.81. The second-order valence-electron chi connectivity index (χ2n) is 5.77. The van der Waals surface area contributed by atoms with Crippen LogP contribution in [0.15, 0.2) is 47.2 Å². The molecule has 1 amide bonds. The van der Waals surface area contributed by atoms with Gasteiger partial charge in [0, 0.05) is 23.8 Å². The molecule has 1 N–H and O–H groups in total. The molecule has 5 heteroatoms. The van der Waals surface area contributed by atoms with Crippen LogP contribution in [0.25, 0.3) is 0 Å². The van der Waals surface area contributed by atoms with Gasteiger partial charge in [-0.15, -0.1) is 0 Å². The van der Waals surface area contributed by atoms with Crippen LogP contribution in [0.1, 0.15) is 36.0 Å². The van der Waals surface area contributed by atoms with Crippen LogP contribution in [-0.2, 0) is 0 Å². The molecule has 1 fully saturated rings. The molecule has 0 unspecified atom stereocenters. The summed E-state index contributed by atoms with van der Waals surface area (Å²) >= 11 is 3.44. The number of benzene rings is 1. The van der Waals surface area contributed by atoms with Crippen molar-refractivity contribution in [3.8, 4) is 0 Å². The summed E-state index contributed by atoms with van der Waals surface area (Å²) in [6.07, 6.45) is 8.44. The Kier molecular flexibility index (Phi) is 5.28. The van der Waals surface area contributed by atoms with Crippen molar-refractivity contribution in [2.45, 2.75) is 25.7 Å². The van der Waals surface area contributed by atoms with Crippen LogP contribution in [0.5, 0.6) is 0 Å². The van der Waals surface area contributed by atoms with Crippen molar-refractivity contribution in [1.29, 1.82) is 0 Å².